The monoisotopic (exact) mass is 242 g/mol. The Hall–Kier alpha value is -1.09. The van der Waals surface area contributed by atoms with Gasteiger partial charge in [0.15, 0.2) is 5.78 Å². The van der Waals surface area contributed by atoms with Crippen LogP contribution in [-0.2, 0) is 14.3 Å². The zero-order valence-electron chi connectivity index (χ0n) is 9.67. The van der Waals surface area contributed by atoms with Crippen LogP contribution in [0, 0.1) is 5.41 Å². The maximum absolute atomic E-state index is 11.6. The SMILES string of the molecule is C/C=C/C(=O)OC1=C(Cl)C(=O)CC(C)(C)C1. The van der Waals surface area contributed by atoms with Gasteiger partial charge in [-0.3, -0.25) is 4.79 Å². The van der Waals surface area contributed by atoms with Gasteiger partial charge in [0.05, 0.1) is 0 Å². The predicted molar refractivity (Wildman–Crippen MR) is 61.8 cm³/mol. The number of hydrogen-bond acceptors (Lipinski definition) is 3. The number of carbonyl (C=O) groups excluding carboxylic acids is 2. The molecule has 0 atom stereocenters. The number of esters is 1. The van der Waals surface area contributed by atoms with Gasteiger partial charge in [-0.1, -0.05) is 31.5 Å². The number of ether oxygens (including phenoxy) is 1. The molecule has 0 N–H and O–H groups in total. The summed E-state index contributed by atoms with van der Waals surface area (Å²) in [6.45, 7) is 5.60. The normalized spacial score (nSPS) is 20.4. The molecule has 3 nitrogen and oxygen atoms in total. The number of ketones is 1. The van der Waals surface area contributed by atoms with Crippen molar-refractivity contribution in [1.82, 2.24) is 0 Å². The van der Waals surface area contributed by atoms with E-state index in [4.69, 9.17) is 16.3 Å². The van der Waals surface area contributed by atoms with E-state index < -0.39 is 5.97 Å². The summed E-state index contributed by atoms with van der Waals surface area (Å²) >= 11 is 5.83. The van der Waals surface area contributed by atoms with Gasteiger partial charge >= 0.3 is 5.97 Å². The average molecular weight is 243 g/mol. The first-order valence-electron chi connectivity index (χ1n) is 5.12. The molecule has 0 spiro atoms. The van der Waals surface area contributed by atoms with Crippen LogP contribution >= 0.6 is 11.6 Å². The van der Waals surface area contributed by atoms with Gasteiger partial charge in [0, 0.05) is 18.9 Å². The van der Waals surface area contributed by atoms with Crippen molar-refractivity contribution in [3.63, 3.8) is 0 Å². The number of carbonyl (C=O) groups is 2. The van der Waals surface area contributed by atoms with Gasteiger partial charge < -0.3 is 4.74 Å². The van der Waals surface area contributed by atoms with Gasteiger partial charge in [0.1, 0.15) is 10.8 Å². The number of halogens is 1. The van der Waals surface area contributed by atoms with Crippen molar-refractivity contribution in [3.8, 4) is 0 Å². The molecule has 88 valence electrons. The van der Waals surface area contributed by atoms with Crippen molar-refractivity contribution in [1.29, 1.82) is 0 Å². The lowest BCUT2D eigenvalue weighted by atomic mass is 9.79. The van der Waals surface area contributed by atoms with Crippen LogP contribution < -0.4 is 0 Å². The molecule has 0 heterocycles. The van der Waals surface area contributed by atoms with E-state index in [0.29, 0.717) is 12.8 Å². The van der Waals surface area contributed by atoms with Gasteiger partial charge in [-0.05, 0) is 12.3 Å². The molecule has 1 aliphatic rings. The van der Waals surface area contributed by atoms with Crippen LogP contribution in [-0.4, -0.2) is 11.8 Å². The summed E-state index contributed by atoms with van der Waals surface area (Å²) in [4.78, 5) is 22.8. The molecule has 0 unspecified atom stereocenters. The van der Waals surface area contributed by atoms with E-state index >= 15 is 0 Å². The lowest BCUT2D eigenvalue weighted by Crippen LogP contribution is -2.25. The first-order chi connectivity index (χ1) is 7.35. The van der Waals surface area contributed by atoms with Crippen molar-refractivity contribution in [2.24, 2.45) is 5.41 Å². The molecule has 0 aromatic rings. The third-order valence-corrected chi connectivity index (χ3v) is 2.72. The van der Waals surface area contributed by atoms with Crippen LogP contribution in [0.3, 0.4) is 0 Å². The molecule has 1 rings (SSSR count). The quantitative estimate of drug-likeness (QED) is 0.552. The lowest BCUT2D eigenvalue weighted by Gasteiger charge is -2.29. The fraction of sp³-hybridized carbons (Fsp3) is 0.500. The summed E-state index contributed by atoms with van der Waals surface area (Å²) in [5, 5.41) is 0.0529. The Morgan fingerprint density at radius 2 is 2.06 bits per heavy atom. The van der Waals surface area contributed by atoms with Crippen LogP contribution in [0.25, 0.3) is 0 Å². The number of hydrogen-bond donors (Lipinski definition) is 0. The zero-order chi connectivity index (χ0) is 12.3. The van der Waals surface area contributed by atoms with Gasteiger partial charge in [0.25, 0.3) is 0 Å². The second-order valence-corrected chi connectivity index (χ2v) is 4.98. The fourth-order valence-electron chi connectivity index (χ4n) is 1.61. The van der Waals surface area contributed by atoms with E-state index in [2.05, 4.69) is 0 Å². The maximum Gasteiger partial charge on any atom is 0.335 e. The van der Waals surface area contributed by atoms with Crippen LogP contribution in [0.2, 0.25) is 0 Å². The molecule has 4 heteroatoms. The van der Waals surface area contributed by atoms with E-state index in [1.165, 1.54) is 6.08 Å². The van der Waals surface area contributed by atoms with E-state index in [-0.39, 0.29) is 22.0 Å². The van der Waals surface area contributed by atoms with E-state index in [9.17, 15) is 9.59 Å². The molecule has 0 bridgehead atoms. The molecule has 16 heavy (non-hydrogen) atoms. The summed E-state index contributed by atoms with van der Waals surface area (Å²) in [7, 11) is 0. The molecule has 0 saturated carbocycles. The van der Waals surface area contributed by atoms with Crippen LogP contribution in [0.1, 0.15) is 33.6 Å². The minimum Gasteiger partial charge on any atom is -0.426 e. The molecular weight excluding hydrogens is 228 g/mol. The first-order valence-corrected chi connectivity index (χ1v) is 5.50. The van der Waals surface area contributed by atoms with Crippen molar-refractivity contribution in [2.45, 2.75) is 33.6 Å². The highest BCUT2D eigenvalue weighted by Gasteiger charge is 2.33. The molecule has 1 aliphatic carbocycles. The van der Waals surface area contributed by atoms with Gasteiger partial charge in [-0.2, -0.15) is 0 Å². The Bertz CT molecular complexity index is 378. The van der Waals surface area contributed by atoms with Crippen molar-refractivity contribution < 1.29 is 14.3 Å². The average Bonchev–Trinajstić information content (AvgIpc) is 2.12. The van der Waals surface area contributed by atoms with Gasteiger partial charge in [0.2, 0.25) is 0 Å². The Kier molecular flexibility index (Phi) is 3.92. The minimum absolute atomic E-state index is 0.0529. The molecule has 0 radical (unpaired) electrons. The number of Topliss-reactive ketones (excluding diaryl/α,β-unsaturated/α-hetero) is 1. The second-order valence-electron chi connectivity index (χ2n) is 4.60. The molecular formula is C12H15ClO3. The summed E-state index contributed by atoms with van der Waals surface area (Å²) in [5.74, 6) is -0.381. The molecule has 0 amide bonds. The van der Waals surface area contributed by atoms with Crippen LogP contribution in [0.15, 0.2) is 22.9 Å². The Labute approximate surface area is 100 Å². The smallest absolute Gasteiger partial charge is 0.335 e. The Balaban J connectivity index is 2.88. The molecule has 0 saturated heterocycles. The highest BCUT2D eigenvalue weighted by molar-refractivity contribution is 6.43. The van der Waals surface area contributed by atoms with Crippen LogP contribution in [0.5, 0.6) is 0 Å². The van der Waals surface area contributed by atoms with E-state index in [0.717, 1.165) is 0 Å². The second kappa shape index (κ2) is 4.83. The highest BCUT2D eigenvalue weighted by Crippen LogP contribution is 2.38. The largest absolute Gasteiger partial charge is 0.426 e. The summed E-state index contributed by atoms with van der Waals surface area (Å²) in [6, 6.07) is 0. The predicted octanol–water partition coefficient (Wildman–Crippen LogP) is 2.95. The summed E-state index contributed by atoms with van der Waals surface area (Å²) < 4.78 is 5.05. The van der Waals surface area contributed by atoms with E-state index in [1.807, 2.05) is 13.8 Å². The highest BCUT2D eigenvalue weighted by atomic mass is 35.5. The third kappa shape index (κ3) is 3.20. The zero-order valence-corrected chi connectivity index (χ0v) is 10.4. The Morgan fingerprint density at radius 1 is 1.44 bits per heavy atom. The summed E-state index contributed by atoms with van der Waals surface area (Å²) in [5.41, 5.74) is -0.207. The van der Waals surface area contributed by atoms with Crippen molar-refractivity contribution >= 4 is 23.4 Å². The number of rotatable bonds is 2. The maximum atomic E-state index is 11.6. The fourth-order valence-corrected chi connectivity index (χ4v) is 1.79. The summed E-state index contributed by atoms with van der Waals surface area (Å²) in [6.07, 6.45) is 3.76. The molecule has 0 fully saturated rings. The van der Waals surface area contributed by atoms with Crippen LogP contribution in [0.4, 0.5) is 0 Å². The van der Waals surface area contributed by atoms with Gasteiger partial charge in [-0.25, -0.2) is 4.79 Å². The molecule has 0 aromatic carbocycles. The van der Waals surface area contributed by atoms with Crippen molar-refractivity contribution in [2.75, 3.05) is 0 Å². The number of allylic oxidation sites excluding steroid dienone is 3. The third-order valence-electron chi connectivity index (χ3n) is 2.29. The standard InChI is InChI=1S/C12H15ClO3/c1-4-5-10(15)16-9-7-12(2,3)6-8(14)11(9)13/h4-5H,6-7H2,1-3H3/b5-4+. The Morgan fingerprint density at radius 3 is 2.62 bits per heavy atom. The van der Waals surface area contributed by atoms with Gasteiger partial charge in [-0.15, -0.1) is 0 Å². The first kappa shape index (κ1) is 13.0. The minimum atomic E-state index is -0.499. The lowest BCUT2D eigenvalue weighted by molar-refractivity contribution is -0.134. The topological polar surface area (TPSA) is 43.4 Å². The van der Waals surface area contributed by atoms with E-state index in [1.54, 1.807) is 13.0 Å². The van der Waals surface area contributed by atoms with Crippen molar-refractivity contribution in [3.05, 3.63) is 22.9 Å². The molecule has 0 aliphatic heterocycles. The molecule has 0 aromatic heterocycles.